The average Bonchev–Trinajstić information content (AvgIpc) is 3.08. The van der Waals surface area contributed by atoms with Gasteiger partial charge in [-0.3, -0.25) is 4.79 Å². The summed E-state index contributed by atoms with van der Waals surface area (Å²) in [6.07, 6.45) is 1.21. The second-order valence-electron chi connectivity index (χ2n) is 6.08. The van der Waals surface area contributed by atoms with Gasteiger partial charge in [0.1, 0.15) is 6.04 Å². The third kappa shape index (κ3) is 4.04. The Morgan fingerprint density at radius 1 is 1.12 bits per heavy atom. The van der Waals surface area contributed by atoms with Gasteiger partial charge < -0.3 is 5.32 Å². The molecule has 1 amide bonds. The number of carbonyl (C=O) groups excluding carboxylic acids is 1. The quantitative estimate of drug-likeness (QED) is 0.697. The van der Waals surface area contributed by atoms with Gasteiger partial charge in [0.05, 0.1) is 4.90 Å². The molecular formula is C18H19IN2O3S. The Balaban J connectivity index is 1.80. The van der Waals surface area contributed by atoms with Crippen LogP contribution in [0.5, 0.6) is 0 Å². The van der Waals surface area contributed by atoms with E-state index >= 15 is 0 Å². The average molecular weight is 470 g/mol. The first-order valence-electron chi connectivity index (χ1n) is 8.03. The first-order chi connectivity index (χ1) is 11.9. The Morgan fingerprint density at radius 3 is 2.40 bits per heavy atom. The predicted octanol–water partition coefficient (Wildman–Crippen LogP) is 3.39. The maximum atomic E-state index is 12.9. The number of amides is 1. The number of benzene rings is 2. The van der Waals surface area contributed by atoms with E-state index in [1.807, 2.05) is 31.2 Å². The molecule has 0 aliphatic carbocycles. The molecule has 1 saturated heterocycles. The Bertz CT molecular complexity index is 864. The normalized spacial score (nSPS) is 18.2. The van der Waals surface area contributed by atoms with E-state index in [-0.39, 0.29) is 10.8 Å². The van der Waals surface area contributed by atoms with Crippen LogP contribution in [0.4, 0.5) is 5.69 Å². The SMILES string of the molecule is Cc1ccc(S(=O)(=O)N2CCCC2C(=O)Nc2ccc(I)cc2)cc1. The summed E-state index contributed by atoms with van der Waals surface area (Å²) in [5.41, 5.74) is 1.67. The van der Waals surface area contributed by atoms with Crippen LogP contribution in [-0.2, 0) is 14.8 Å². The highest BCUT2D eigenvalue weighted by Crippen LogP contribution is 2.27. The first-order valence-corrected chi connectivity index (χ1v) is 10.5. The minimum absolute atomic E-state index is 0.229. The van der Waals surface area contributed by atoms with Gasteiger partial charge in [0.15, 0.2) is 0 Å². The summed E-state index contributed by atoms with van der Waals surface area (Å²) >= 11 is 2.19. The molecule has 132 valence electrons. The van der Waals surface area contributed by atoms with Crippen LogP contribution in [0.2, 0.25) is 0 Å². The summed E-state index contributed by atoms with van der Waals surface area (Å²) in [6, 6.07) is 13.5. The Kier molecular flexibility index (Phi) is 5.45. The molecule has 2 aromatic rings. The molecule has 1 aliphatic heterocycles. The van der Waals surface area contributed by atoms with Crippen molar-refractivity contribution in [2.24, 2.45) is 0 Å². The number of hydrogen-bond donors (Lipinski definition) is 1. The van der Waals surface area contributed by atoms with Crippen LogP contribution in [0.25, 0.3) is 0 Å². The number of aryl methyl sites for hydroxylation is 1. The zero-order chi connectivity index (χ0) is 18.0. The highest BCUT2D eigenvalue weighted by atomic mass is 127. The van der Waals surface area contributed by atoms with Gasteiger partial charge in [-0.05, 0) is 78.8 Å². The molecule has 1 atom stereocenters. The van der Waals surface area contributed by atoms with Gasteiger partial charge >= 0.3 is 0 Å². The van der Waals surface area contributed by atoms with Crippen molar-refractivity contribution in [3.63, 3.8) is 0 Å². The van der Waals surface area contributed by atoms with Gasteiger partial charge in [-0.1, -0.05) is 17.7 Å². The molecule has 0 saturated carbocycles. The number of halogens is 1. The lowest BCUT2D eigenvalue weighted by Gasteiger charge is -2.23. The molecule has 0 radical (unpaired) electrons. The minimum atomic E-state index is -3.68. The summed E-state index contributed by atoms with van der Waals surface area (Å²) in [7, 11) is -3.68. The number of anilines is 1. The van der Waals surface area contributed by atoms with Crippen molar-refractivity contribution in [1.29, 1.82) is 0 Å². The van der Waals surface area contributed by atoms with Crippen LogP contribution >= 0.6 is 22.6 Å². The summed E-state index contributed by atoms with van der Waals surface area (Å²) in [6.45, 7) is 2.27. The second kappa shape index (κ2) is 7.43. The van der Waals surface area contributed by atoms with Crippen LogP contribution in [0.3, 0.4) is 0 Å². The molecule has 0 spiro atoms. The van der Waals surface area contributed by atoms with E-state index in [4.69, 9.17) is 0 Å². The highest BCUT2D eigenvalue weighted by Gasteiger charge is 2.39. The summed E-state index contributed by atoms with van der Waals surface area (Å²) in [5, 5.41) is 2.83. The van der Waals surface area contributed by atoms with Gasteiger partial charge in [0, 0.05) is 15.8 Å². The summed E-state index contributed by atoms with van der Waals surface area (Å²) in [5.74, 6) is -0.283. The van der Waals surface area contributed by atoms with E-state index in [2.05, 4.69) is 27.9 Å². The molecule has 5 nitrogen and oxygen atoms in total. The Labute approximate surface area is 161 Å². The fourth-order valence-corrected chi connectivity index (χ4v) is 4.91. The Hall–Kier alpha value is -1.45. The van der Waals surface area contributed by atoms with Crippen molar-refractivity contribution in [3.05, 3.63) is 57.7 Å². The van der Waals surface area contributed by atoms with Gasteiger partial charge in [0.25, 0.3) is 0 Å². The topological polar surface area (TPSA) is 66.5 Å². The number of hydrogen-bond acceptors (Lipinski definition) is 3. The molecule has 1 heterocycles. The molecule has 1 fully saturated rings. The number of nitrogens with one attached hydrogen (secondary N) is 1. The van der Waals surface area contributed by atoms with Crippen LogP contribution < -0.4 is 5.32 Å². The van der Waals surface area contributed by atoms with Crippen LogP contribution in [-0.4, -0.2) is 31.2 Å². The van der Waals surface area contributed by atoms with Crippen LogP contribution in [0.1, 0.15) is 18.4 Å². The zero-order valence-corrected chi connectivity index (χ0v) is 16.7. The molecule has 7 heteroatoms. The monoisotopic (exact) mass is 470 g/mol. The number of sulfonamides is 1. The van der Waals surface area contributed by atoms with Crippen molar-refractivity contribution in [1.82, 2.24) is 4.31 Å². The van der Waals surface area contributed by atoms with E-state index in [1.165, 1.54) is 4.31 Å². The van der Waals surface area contributed by atoms with Crippen LogP contribution in [0.15, 0.2) is 53.4 Å². The number of nitrogens with zero attached hydrogens (tertiary/aromatic N) is 1. The predicted molar refractivity (Wildman–Crippen MR) is 106 cm³/mol. The van der Waals surface area contributed by atoms with Crippen molar-refractivity contribution >= 4 is 44.2 Å². The molecule has 1 aliphatic rings. The largest absolute Gasteiger partial charge is 0.325 e. The van der Waals surface area contributed by atoms with E-state index in [9.17, 15) is 13.2 Å². The Morgan fingerprint density at radius 2 is 1.76 bits per heavy atom. The minimum Gasteiger partial charge on any atom is -0.325 e. The highest BCUT2D eigenvalue weighted by molar-refractivity contribution is 14.1. The fourth-order valence-electron chi connectivity index (χ4n) is 2.89. The van der Waals surface area contributed by atoms with Gasteiger partial charge in [-0.25, -0.2) is 8.42 Å². The maximum Gasteiger partial charge on any atom is 0.243 e. The number of carbonyl (C=O) groups is 1. The van der Waals surface area contributed by atoms with E-state index in [0.717, 1.165) is 9.13 Å². The third-order valence-corrected chi connectivity index (χ3v) is 6.89. The molecule has 0 bridgehead atoms. The van der Waals surface area contributed by atoms with Crippen molar-refractivity contribution in [2.75, 3.05) is 11.9 Å². The van der Waals surface area contributed by atoms with Crippen LogP contribution in [0, 0.1) is 10.5 Å². The van der Waals surface area contributed by atoms with E-state index in [1.54, 1.807) is 24.3 Å². The fraction of sp³-hybridized carbons (Fsp3) is 0.278. The first kappa shape index (κ1) is 18.3. The van der Waals surface area contributed by atoms with E-state index < -0.39 is 16.1 Å². The molecule has 1 unspecified atom stereocenters. The van der Waals surface area contributed by atoms with Crippen molar-refractivity contribution in [2.45, 2.75) is 30.7 Å². The lowest BCUT2D eigenvalue weighted by Crippen LogP contribution is -2.43. The molecule has 3 rings (SSSR count). The summed E-state index contributed by atoms with van der Waals surface area (Å²) in [4.78, 5) is 12.9. The van der Waals surface area contributed by atoms with E-state index in [0.29, 0.717) is 25.1 Å². The van der Waals surface area contributed by atoms with Gasteiger partial charge in [-0.2, -0.15) is 4.31 Å². The maximum absolute atomic E-state index is 12.9. The lowest BCUT2D eigenvalue weighted by molar-refractivity contribution is -0.119. The molecule has 25 heavy (non-hydrogen) atoms. The van der Waals surface area contributed by atoms with Gasteiger partial charge in [0.2, 0.25) is 15.9 Å². The zero-order valence-electron chi connectivity index (χ0n) is 13.8. The molecule has 0 aromatic heterocycles. The summed E-state index contributed by atoms with van der Waals surface area (Å²) < 4.78 is 28.2. The smallest absolute Gasteiger partial charge is 0.243 e. The van der Waals surface area contributed by atoms with Crippen molar-refractivity contribution in [3.8, 4) is 0 Å². The van der Waals surface area contributed by atoms with Crippen molar-refractivity contribution < 1.29 is 13.2 Å². The van der Waals surface area contributed by atoms with Gasteiger partial charge in [-0.15, -0.1) is 0 Å². The lowest BCUT2D eigenvalue weighted by atomic mass is 10.2. The number of rotatable bonds is 4. The second-order valence-corrected chi connectivity index (χ2v) is 9.22. The molecule has 1 N–H and O–H groups in total. The standard InChI is InChI=1S/C18H19IN2O3S/c1-13-4-10-16(11-5-13)25(23,24)21-12-2-3-17(21)18(22)20-15-8-6-14(19)7-9-15/h4-11,17H,2-3,12H2,1H3,(H,20,22). The molecule has 2 aromatic carbocycles. The third-order valence-electron chi connectivity index (χ3n) is 4.25. The molecular weight excluding hydrogens is 451 g/mol.